The van der Waals surface area contributed by atoms with E-state index >= 15 is 0 Å². The van der Waals surface area contributed by atoms with Gasteiger partial charge in [0.15, 0.2) is 0 Å². The van der Waals surface area contributed by atoms with Gasteiger partial charge in [0.1, 0.15) is 6.23 Å². The predicted molar refractivity (Wildman–Crippen MR) is 57.9 cm³/mol. The van der Waals surface area contributed by atoms with Crippen molar-refractivity contribution in [2.45, 2.75) is 57.1 Å². The molecule has 88 valence electrons. The van der Waals surface area contributed by atoms with E-state index in [1.165, 1.54) is 0 Å². The van der Waals surface area contributed by atoms with Crippen molar-refractivity contribution >= 4 is 10.1 Å². The molecule has 3 unspecified atom stereocenters. The average Bonchev–Trinajstić information content (AvgIpc) is 2.16. The maximum absolute atomic E-state index is 11.8. The first-order valence-electron chi connectivity index (χ1n) is 5.35. The summed E-state index contributed by atoms with van der Waals surface area (Å²) in [5.41, 5.74) is 0. The van der Waals surface area contributed by atoms with Gasteiger partial charge in [-0.15, -0.1) is 0 Å². The van der Waals surface area contributed by atoms with E-state index in [2.05, 4.69) is 4.90 Å². The highest BCUT2D eigenvalue weighted by Gasteiger charge is 2.46. The van der Waals surface area contributed by atoms with Crippen LogP contribution in [0, 0.1) is 0 Å². The van der Waals surface area contributed by atoms with Gasteiger partial charge in [-0.1, -0.05) is 13.8 Å². The third kappa shape index (κ3) is 1.70. The van der Waals surface area contributed by atoms with Crippen LogP contribution in [-0.2, 0) is 14.3 Å². The Morgan fingerprint density at radius 2 is 2.00 bits per heavy atom. The maximum Gasteiger partial charge on any atom is 0.271 e. The van der Waals surface area contributed by atoms with Crippen LogP contribution in [0.4, 0.5) is 0 Å². The van der Waals surface area contributed by atoms with E-state index in [9.17, 15) is 8.42 Å². The summed E-state index contributed by atoms with van der Waals surface area (Å²) in [5, 5.41) is -0.230. The van der Waals surface area contributed by atoms with E-state index in [0.717, 1.165) is 38.6 Å². The second-order valence-electron chi connectivity index (χ2n) is 4.51. The molecule has 3 aliphatic rings. The van der Waals surface area contributed by atoms with Gasteiger partial charge < -0.3 is 0 Å². The molecular weight excluding hydrogens is 214 g/mol. The second-order valence-corrected chi connectivity index (χ2v) is 6.36. The highest BCUT2D eigenvalue weighted by atomic mass is 32.2. The van der Waals surface area contributed by atoms with E-state index in [1.54, 1.807) is 0 Å². The van der Waals surface area contributed by atoms with E-state index in [4.69, 9.17) is 4.18 Å². The summed E-state index contributed by atoms with van der Waals surface area (Å²) in [4.78, 5) is 2.22. The summed E-state index contributed by atoms with van der Waals surface area (Å²) in [6, 6.07) is 0.463. The molecule has 0 aromatic rings. The minimum atomic E-state index is -3.26. The molecule has 0 N–H and O–H groups in total. The molecule has 3 atom stereocenters. The molecular formula is C10H19NO3S. The van der Waals surface area contributed by atoms with E-state index in [-0.39, 0.29) is 18.9 Å². The van der Waals surface area contributed by atoms with Crippen LogP contribution >= 0.6 is 0 Å². The number of hydrogen-bond acceptors (Lipinski definition) is 4. The fourth-order valence-electron chi connectivity index (χ4n) is 2.82. The van der Waals surface area contributed by atoms with Gasteiger partial charge in [0.25, 0.3) is 10.1 Å². The third-order valence-corrected chi connectivity index (χ3v) is 5.46. The van der Waals surface area contributed by atoms with E-state index < -0.39 is 10.1 Å². The summed E-state index contributed by atoms with van der Waals surface area (Å²) in [5.74, 6) is 0. The van der Waals surface area contributed by atoms with Crippen molar-refractivity contribution in [1.82, 2.24) is 4.90 Å². The molecule has 0 spiro atoms. The Morgan fingerprint density at radius 3 is 2.67 bits per heavy atom. The van der Waals surface area contributed by atoms with Crippen molar-refractivity contribution in [2.24, 2.45) is 0 Å². The van der Waals surface area contributed by atoms with Crippen LogP contribution in [0.5, 0.6) is 0 Å². The first-order chi connectivity index (χ1) is 6.67. The van der Waals surface area contributed by atoms with Crippen LogP contribution in [0.2, 0.25) is 0 Å². The Kier molecular flexibility index (Phi) is 2.81. The van der Waals surface area contributed by atoms with Crippen molar-refractivity contribution in [3.05, 3.63) is 0 Å². The Morgan fingerprint density at radius 1 is 1.20 bits per heavy atom. The molecule has 5 heteroatoms. The lowest BCUT2D eigenvalue weighted by Crippen LogP contribution is -2.53. The molecule has 2 saturated heterocycles. The fourth-order valence-corrected chi connectivity index (χ4v) is 4.41. The third-order valence-electron chi connectivity index (χ3n) is 3.73. The van der Waals surface area contributed by atoms with E-state index in [0.29, 0.717) is 6.04 Å². The molecule has 0 amide bonds. The van der Waals surface area contributed by atoms with Gasteiger partial charge in [-0.2, -0.15) is 8.42 Å². The Labute approximate surface area is 91.7 Å². The number of rotatable bonds is 0. The van der Waals surface area contributed by atoms with Gasteiger partial charge >= 0.3 is 0 Å². The van der Waals surface area contributed by atoms with Crippen molar-refractivity contribution < 1.29 is 12.6 Å². The molecule has 0 radical (unpaired) electrons. The molecule has 1 aliphatic carbocycles. The largest absolute Gasteiger partial charge is 0.274 e. The second kappa shape index (κ2) is 3.71. The normalized spacial score (nSPS) is 43.1. The van der Waals surface area contributed by atoms with Crippen molar-refractivity contribution in [3.63, 3.8) is 0 Å². The summed E-state index contributed by atoms with van der Waals surface area (Å²) in [6.07, 6.45) is 4.50. The Balaban J connectivity index is 0.000000853. The molecule has 2 bridgehead atoms. The van der Waals surface area contributed by atoms with E-state index in [1.807, 2.05) is 0 Å². The Hall–Kier alpha value is -0.130. The van der Waals surface area contributed by atoms with Gasteiger partial charge in [-0.3, -0.25) is 9.08 Å². The monoisotopic (exact) mass is 233 g/mol. The zero-order valence-corrected chi connectivity index (χ0v) is 8.87. The summed E-state index contributed by atoms with van der Waals surface area (Å²) >= 11 is 0. The molecule has 2 heterocycles. The molecule has 0 aromatic heterocycles. The molecule has 2 aliphatic heterocycles. The predicted octanol–water partition coefficient (Wildman–Crippen LogP) is 1.33. The Bertz CT molecular complexity index is 341. The van der Waals surface area contributed by atoms with Crippen LogP contribution < -0.4 is 0 Å². The van der Waals surface area contributed by atoms with Crippen LogP contribution in [0.25, 0.3) is 0 Å². The first-order valence-corrected chi connectivity index (χ1v) is 6.82. The number of hydrogen-bond donors (Lipinski definition) is 0. The molecule has 1 saturated carbocycles. The van der Waals surface area contributed by atoms with Gasteiger partial charge in [0.05, 0.1) is 5.25 Å². The average molecular weight is 233 g/mol. The van der Waals surface area contributed by atoms with Crippen LogP contribution in [0.15, 0.2) is 0 Å². The van der Waals surface area contributed by atoms with Gasteiger partial charge in [-0.05, 0) is 19.3 Å². The summed E-state index contributed by atoms with van der Waals surface area (Å²) < 4.78 is 28.7. The zero-order valence-electron chi connectivity index (χ0n) is 8.05. The fraction of sp³-hybridized carbons (Fsp3) is 1.00. The molecule has 3 rings (SSSR count). The zero-order chi connectivity index (χ0) is 9.76. The van der Waals surface area contributed by atoms with Crippen LogP contribution in [0.3, 0.4) is 0 Å². The van der Waals surface area contributed by atoms with Crippen LogP contribution in [-0.4, -0.2) is 37.4 Å². The number of fused-ring (bicyclic) bond motifs is 4. The highest BCUT2D eigenvalue weighted by molar-refractivity contribution is 7.87. The lowest BCUT2D eigenvalue weighted by Gasteiger charge is -2.43. The van der Waals surface area contributed by atoms with Gasteiger partial charge in [-0.25, -0.2) is 0 Å². The van der Waals surface area contributed by atoms with Crippen molar-refractivity contribution in [3.8, 4) is 0 Å². The molecule has 0 aromatic carbocycles. The number of nitrogens with zero attached hydrogens (tertiary/aromatic N) is 1. The highest BCUT2D eigenvalue weighted by Crippen LogP contribution is 2.38. The van der Waals surface area contributed by atoms with Crippen LogP contribution in [0.1, 0.15) is 39.5 Å². The SMILES string of the molecule is C.O=S1(=O)OC2CCN2C2CCCC1C2. The topological polar surface area (TPSA) is 46.6 Å². The van der Waals surface area contributed by atoms with Crippen molar-refractivity contribution in [2.75, 3.05) is 6.54 Å². The maximum atomic E-state index is 11.8. The summed E-state index contributed by atoms with van der Waals surface area (Å²) in [7, 11) is -3.26. The van der Waals surface area contributed by atoms with Gasteiger partial charge in [0, 0.05) is 19.0 Å². The first kappa shape index (κ1) is 11.4. The summed E-state index contributed by atoms with van der Waals surface area (Å²) in [6.45, 7) is 1.01. The molecule has 3 fully saturated rings. The smallest absolute Gasteiger partial charge is 0.271 e. The van der Waals surface area contributed by atoms with Crippen molar-refractivity contribution in [1.29, 1.82) is 0 Å². The molecule has 15 heavy (non-hydrogen) atoms. The minimum absolute atomic E-state index is 0. The van der Waals surface area contributed by atoms with Gasteiger partial charge in [0.2, 0.25) is 0 Å². The minimum Gasteiger partial charge on any atom is -0.274 e. The molecule has 4 nitrogen and oxygen atoms in total. The lowest BCUT2D eigenvalue weighted by atomic mass is 9.91. The quantitative estimate of drug-likeness (QED) is 0.592. The lowest BCUT2D eigenvalue weighted by molar-refractivity contribution is -0.0754. The standard InChI is InChI=1S/C9H15NO3S.CH4/c11-14(12)8-3-1-2-7(6-8)10-5-4-9(10)13-14;/h7-9H,1-6H2;1H4.